The third-order valence-corrected chi connectivity index (χ3v) is 2.26. The Labute approximate surface area is 74.5 Å². The van der Waals surface area contributed by atoms with Crippen molar-refractivity contribution in [3.05, 3.63) is 0 Å². The second-order valence-corrected chi connectivity index (χ2v) is 3.39. The molecule has 0 aliphatic carbocycles. The van der Waals surface area contributed by atoms with Crippen LogP contribution in [0.15, 0.2) is 0 Å². The van der Waals surface area contributed by atoms with Crippen molar-refractivity contribution in [2.75, 3.05) is 6.54 Å². The molecule has 1 aliphatic rings. The second-order valence-electron chi connectivity index (χ2n) is 3.39. The molecule has 1 heterocycles. The average Bonchev–Trinajstić information content (AvgIpc) is 2.04. The number of rotatable bonds is 2. The van der Waals surface area contributed by atoms with Crippen LogP contribution >= 0.6 is 0 Å². The molecule has 1 aliphatic heterocycles. The molecule has 0 spiro atoms. The summed E-state index contributed by atoms with van der Waals surface area (Å²) in [6.45, 7) is 0.704. The molecule has 1 rings (SSSR count). The lowest BCUT2D eigenvalue weighted by Gasteiger charge is -2.25. The lowest BCUT2D eigenvalue weighted by molar-refractivity contribution is -0.183. The van der Waals surface area contributed by atoms with E-state index in [2.05, 4.69) is 5.32 Å². The number of hydrogen-bond donors (Lipinski definition) is 1. The van der Waals surface area contributed by atoms with Crippen LogP contribution in [0.5, 0.6) is 0 Å². The summed E-state index contributed by atoms with van der Waals surface area (Å²) >= 11 is 0. The lowest BCUT2D eigenvalue weighted by atomic mass is 10.00. The first kappa shape index (κ1) is 10.8. The van der Waals surface area contributed by atoms with E-state index in [-0.39, 0.29) is 6.04 Å². The molecular weight excluding hydrogens is 186 g/mol. The van der Waals surface area contributed by atoms with E-state index in [0.29, 0.717) is 13.0 Å². The van der Waals surface area contributed by atoms with E-state index in [1.54, 1.807) is 0 Å². The van der Waals surface area contributed by atoms with Crippen molar-refractivity contribution in [1.82, 2.24) is 5.32 Å². The summed E-state index contributed by atoms with van der Waals surface area (Å²) in [6.07, 6.45) is -5.30. The first-order valence-electron chi connectivity index (χ1n) is 4.44. The molecule has 1 saturated heterocycles. The minimum Gasteiger partial charge on any atom is -0.314 e. The van der Waals surface area contributed by atoms with Gasteiger partial charge in [0.05, 0.1) is 0 Å². The predicted molar refractivity (Wildman–Crippen MR) is 41.2 cm³/mol. The normalized spacial score (nSPS) is 27.2. The van der Waals surface area contributed by atoms with E-state index in [9.17, 15) is 17.6 Å². The Morgan fingerprint density at radius 1 is 1.31 bits per heavy atom. The molecule has 0 bridgehead atoms. The van der Waals surface area contributed by atoms with E-state index in [1.165, 1.54) is 0 Å². The molecule has 0 amide bonds. The van der Waals surface area contributed by atoms with Crippen LogP contribution in [0.25, 0.3) is 0 Å². The van der Waals surface area contributed by atoms with Crippen LogP contribution in [0.4, 0.5) is 17.6 Å². The molecule has 2 unspecified atom stereocenters. The summed E-state index contributed by atoms with van der Waals surface area (Å²) in [7, 11) is 0. The Morgan fingerprint density at radius 2 is 2.00 bits per heavy atom. The van der Waals surface area contributed by atoms with Gasteiger partial charge in [0.15, 0.2) is 6.17 Å². The Bertz CT molecular complexity index is 151. The minimum absolute atomic E-state index is 0.301. The molecule has 1 fully saturated rings. The highest BCUT2D eigenvalue weighted by atomic mass is 19.4. The average molecular weight is 199 g/mol. The van der Waals surface area contributed by atoms with Gasteiger partial charge in [-0.3, -0.25) is 0 Å². The van der Waals surface area contributed by atoms with E-state index in [0.717, 1.165) is 12.8 Å². The van der Waals surface area contributed by atoms with Crippen LogP contribution in [0.2, 0.25) is 0 Å². The van der Waals surface area contributed by atoms with Gasteiger partial charge in [0.2, 0.25) is 0 Å². The topological polar surface area (TPSA) is 12.0 Å². The zero-order valence-corrected chi connectivity index (χ0v) is 7.20. The zero-order valence-electron chi connectivity index (χ0n) is 7.20. The fourth-order valence-electron chi connectivity index (χ4n) is 1.51. The maximum Gasteiger partial charge on any atom is 0.419 e. The summed E-state index contributed by atoms with van der Waals surface area (Å²) in [5.41, 5.74) is 0. The fourth-order valence-corrected chi connectivity index (χ4v) is 1.51. The van der Waals surface area contributed by atoms with Gasteiger partial charge in [0.1, 0.15) is 0 Å². The van der Waals surface area contributed by atoms with Crippen LogP contribution in [0.3, 0.4) is 0 Å². The fraction of sp³-hybridized carbons (Fsp3) is 1.00. The van der Waals surface area contributed by atoms with E-state index >= 15 is 0 Å². The Hall–Kier alpha value is -0.320. The molecule has 0 aromatic rings. The third kappa shape index (κ3) is 3.50. The van der Waals surface area contributed by atoms with Crippen molar-refractivity contribution >= 4 is 0 Å². The molecule has 0 aromatic carbocycles. The van der Waals surface area contributed by atoms with Gasteiger partial charge < -0.3 is 5.32 Å². The second kappa shape index (κ2) is 4.26. The molecule has 78 valence electrons. The van der Waals surface area contributed by atoms with Gasteiger partial charge in [-0.15, -0.1) is 0 Å². The van der Waals surface area contributed by atoms with Gasteiger partial charge in [-0.2, -0.15) is 13.2 Å². The predicted octanol–water partition coefficient (Wildman–Crippen LogP) is 2.42. The van der Waals surface area contributed by atoms with Crippen molar-refractivity contribution in [1.29, 1.82) is 0 Å². The molecule has 13 heavy (non-hydrogen) atoms. The number of nitrogens with one attached hydrogen (secondary N) is 1. The molecule has 0 radical (unpaired) electrons. The SMILES string of the molecule is FC(CC1CCCCN1)C(F)(F)F. The summed E-state index contributed by atoms with van der Waals surface area (Å²) in [6, 6.07) is -0.301. The smallest absolute Gasteiger partial charge is 0.314 e. The highest BCUT2D eigenvalue weighted by Crippen LogP contribution is 2.27. The minimum atomic E-state index is -4.70. The van der Waals surface area contributed by atoms with Crippen LogP contribution in [0.1, 0.15) is 25.7 Å². The largest absolute Gasteiger partial charge is 0.419 e. The Kier molecular flexibility index (Phi) is 3.53. The number of alkyl halides is 4. The van der Waals surface area contributed by atoms with Crippen LogP contribution in [-0.4, -0.2) is 24.9 Å². The molecule has 0 aromatic heterocycles. The molecule has 0 saturated carbocycles. The number of hydrogen-bond acceptors (Lipinski definition) is 1. The number of piperidine rings is 1. The third-order valence-electron chi connectivity index (χ3n) is 2.26. The number of halogens is 4. The highest BCUT2D eigenvalue weighted by Gasteiger charge is 2.41. The van der Waals surface area contributed by atoms with Gasteiger partial charge in [0, 0.05) is 12.5 Å². The van der Waals surface area contributed by atoms with E-state index in [4.69, 9.17) is 0 Å². The molecule has 1 N–H and O–H groups in total. The van der Waals surface area contributed by atoms with Crippen LogP contribution in [-0.2, 0) is 0 Å². The molecule has 1 nitrogen and oxygen atoms in total. The van der Waals surface area contributed by atoms with Crippen molar-refractivity contribution in [2.24, 2.45) is 0 Å². The van der Waals surface area contributed by atoms with Crippen molar-refractivity contribution in [3.63, 3.8) is 0 Å². The standard InChI is InChI=1S/C8H13F4N/c9-7(8(10,11)12)5-6-3-1-2-4-13-6/h6-7,13H,1-5H2. The lowest BCUT2D eigenvalue weighted by Crippen LogP contribution is -2.39. The van der Waals surface area contributed by atoms with Crippen molar-refractivity contribution in [2.45, 2.75) is 44.1 Å². The summed E-state index contributed by atoms with van der Waals surface area (Å²) in [5, 5.41) is 2.88. The maximum absolute atomic E-state index is 12.5. The quantitative estimate of drug-likeness (QED) is 0.673. The Balaban J connectivity index is 2.30. The van der Waals surface area contributed by atoms with Crippen LogP contribution < -0.4 is 5.32 Å². The maximum atomic E-state index is 12.5. The molecule has 2 atom stereocenters. The first-order chi connectivity index (χ1) is 6.00. The van der Waals surface area contributed by atoms with Gasteiger partial charge in [-0.05, 0) is 19.4 Å². The molecular formula is C8H13F4N. The summed E-state index contributed by atoms with van der Waals surface area (Å²) < 4.78 is 47.9. The monoisotopic (exact) mass is 199 g/mol. The molecule has 5 heteroatoms. The van der Waals surface area contributed by atoms with Crippen molar-refractivity contribution in [3.8, 4) is 0 Å². The van der Waals surface area contributed by atoms with Gasteiger partial charge in [-0.25, -0.2) is 4.39 Å². The van der Waals surface area contributed by atoms with Crippen molar-refractivity contribution < 1.29 is 17.6 Å². The van der Waals surface area contributed by atoms with Gasteiger partial charge in [-0.1, -0.05) is 6.42 Å². The van der Waals surface area contributed by atoms with Crippen LogP contribution in [0, 0.1) is 0 Å². The summed E-state index contributed by atoms with van der Waals surface area (Å²) in [5.74, 6) is 0. The van der Waals surface area contributed by atoms with E-state index < -0.39 is 18.8 Å². The van der Waals surface area contributed by atoms with Gasteiger partial charge in [0.25, 0.3) is 0 Å². The van der Waals surface area contributed by atoms with E-state index in [1.807, 2.05) is 0 Å². The Morgan fingerprint density at radius 3 is 2.46 bits per heavy atom. The van der Waals surface area contributed by atoms with Gasteiger partial charge >= 0.3 is 6.18 Å². The highest BCUT2D eigenvalue weighted by molar-refractivity contribution is 4.78. The summed E-state index contributed by atoms with van der Waals surface area (Å²) in [4.78, 5) is 0. The first-order valence-corrected chi connectivity index (χ1v) is 4.44. The zero-order chi connectivity index (χ0) is 9.90.